The highest BCUT2D eigenvalue weighted by Gasteiger charge is 2.40. The largest absolute Gasteiger partial charge is 0.379 e. The van der Waals surface area contributed by atoms with Gasteiger partial charge in [0.15, 0.2) is 5.96 Å². The van der Waals surface area contributed by atoms with E-state index < -0.39 is 0 Å². The van der Waals surface area contributed by atoms with Crippen molar-refractivity contribution in [2.24, 2.45) is 4.99 Å². The molecule has 28 heavy (non-hydrogen) atoms. The number of rotatable bonds is 6. The SMILES string of the molecule is CCc1ccc(CN(C)C(=NC)NCC2(N3CCOCC3)CCSC2)cc1.I. The molecule has 1 aromatic carbocycles. The lowest BCUT2D eigenvalue weighted by Gasteiger charge is -2.43. The van der Waals surface area contributed by atoms with Gasteiger partial charge in [0.2, 0.25) is 0 Å². The number of nitrogens with one attached hydrogen (secondary N) is 1. The molecule has 158 valence electrons. The van der Waals surface area contributed by atoms with E-state index in [1.54, 1.807) is 0 Å². The molecule has 2 aliphatic heterocycles. The minimum atomic E-state index is 0. The van der Waals surface area contributed by atoms with E-state index in [-0.39, 0.29) is 29.5 Å². The standard InChI is InChI=1S/C21H34N4OS.HI/c1-4-18-5-7-19(8-6-18)15-24(3)20(22-2)23-16-21(9-14-27-17-21)25-10-12-26-13-11-25;/h5-8H,4,9-17H2,1-3H3,(H,22,23);1H. The van der Waals surface area contributed by atoms with E-state index in [1.165, 1.54) is 29.1 Å². The number of aryl methyl sites for hydroxylation is 1. The summed E-state index contributed by atoms with van der Waals surface area (Å²) < 4.78 is 5.57. The van der Waals surface area contributed by atoms with Gasteiger partial charge in [-0.1, -0.05) is 31.2 Å². The zero-order valence-corrected chi connectivity index (χ0v) is 20.6. The van der Waals surface area contributed by atoms with Crippen molar-refractivity contribution in [2.75, 3.05) is 58.4 Å². The lowest BCUT2D eigenvalue weighted by Crippen LogP contribution is -2.60. The zero-order valence-electron chi connectivity index (χ0n) is 17.4. The maximum absolute atomic E-state index is 5.57. The molecule has 1 aromatic rings. The van der Waals surface area contributed by atoms with Gasteiger partial charge in [0.1, 0.15) is 0 Å². The minimum absolute atomic E-state index is 0. The van der Waals surface area contributed by atoms with E-state index in [0.29, 0.717) is 0 Å². The van der Waals surface area contributed by atoms with Crippen LogP contribution in [0.4, 0.5) is 0 Å². The first-order valence-electron chi connectivity index (χ1n) is 10.1. The van der Waals surface area contributed by atoms with Crippen molar-refractivity contribution < 1.29 is 4.74 Å². The Morgan fingerprint density at radius 2 is 1.93 bits per heavy atom. The maximum atomic E-state index is 5.57. The summed E-state index contributed by atoms with van der Waals surface area (Å²) in [5, 5.41) is 3.67. The smallest absolute Gasteiger partial charge is 0.193 e. The second-order valence-electron chi connectivity index (χ2n) is 7.55. The number of nitrogens with zero attached hydrogens (tertiary/aromatic N) is 3. The molecule has 0 spiro atoms. The molecule has 7 heteroatoms. The summed E-state index contributed by atoms with van der Waals surface area (Å²) in [7, 11) is 4.00. The van der Waals surface area contributed by atoms with Crippen LogP contribution in [-0.4, -0.2) is 79.7 Å². The van der Waals surface area contributed by atoms with E-state index in [1.807, 2.05) is 7.05 Å². The fourth-order valence-corrected chi connectivity index (χ4v) is 5.47. The van der Waals surface area contributed by atoms with Gasteiger partial charge in [0, 0.05) is 51.6 Å². The van der Waals surface area contributed by atoms with Gasteiger partial charge in [0.05, 0.1) is 13.2 Å². The van der Waals surface area contributed by atoms with Crippen LogP contribution in [0.15, 0.2) is 29.3 Å². The van der Waals surface area contributed by atoms with Gasteiger partial charge in [-0.15, -0.1) is 24.0 Å². The molecule has 1 unspecified atom stereocenters. The van der Waals surface area contributed by atoms with Gasteiger partial charge in [0.25, 0.3) is 0 Å². The van der Waals surface area contributed by atoms with E-state index in [9.17, 15) is 0 Å². The molecule has 0 saturated carbocycles. The van der Waals surface area contributed by atoms with Crippen LogP contribution >= 0.6 is 35.7 Å². The fourth-order valence-electron chi connectivity index (χ4n) is 3.99. The summed E-state index contributed by atoms with van der Waals surface area (Å²) in [4.78, 5) is 9.39. The number of guanidine groups is 1. The van der Waals surface area contributed by atoms with Gasteiger partial charge in [-0.3, -0.25) is 9.89 Å². The van der Waals surface area contributed by atoms with Crippen LogP contribution in [0.25, 0.3) is 0 Å². The Morgan fingerprint density at radius 1 is 1.25 bits per heavy atom. The van der Waals surface area contributed by atoms with Gasteiger partial charge in [-0.25, -0.2) is 0 Å². The molecule has 3 rings (SSSR count). The van der Waals surface area contributed by atoms with E-state index in [4.69, 9.17) is 4.74 Å². The molecule has 2 heterocycles. The number of thioether (sulfide) groups is 1. The summed E-state index contributed by atoms with van der Waals surface area (Å²) in [6.07, 6.45) is 2.32. The molecule has 0 aliphatic carbocycles. The number of benzene rings is 1. The summed E-state index contributed by atoms with van der Waals surface area (Å²) in [6, 6.07) is 8.90. The molecule has 0 radical (unpaired) electrons. The third-order valence-corrected chi connectivity index (χ3v) is 7.00. The van der Waals surface area contributed by atoms with Crippen LogP contribution in [0.5, 0.6) is 0 Å². The predicted molar refractivity (Wildman–Crippen MR) is 131 cm³/mol. The van der Waals surface area contributed by atoms with Crippen molar-refractivity contribution in [3.8, 4) is 0 Å². The molecule has 1 N–H and O–H groups in total. The first-order chi connectivity index (χ1) is 13.2. The summed E-state index contributed by atoms with van der Waals surface area (Å²) in [5.74, 6) is 3.41. The van der Waals surface area contributed by atoms with Gasteiger partial charge in [-0.05, 0) is 29.7 Å². The van der Waals surface area contributed by atoms with Crippen LogP contribution in [0.3, 0.4) is 0 Å². The summed E-state index contributed by atoms with van der Waals surface area (Å²) >= 11 is 2.07. The quantitative estimate of drug-likeness (QED) is 0.356. The van der Waals surface area contributed by atoms with Crippen LogP contribution in [0, 0.1) is 0 Å². The summed E-state index contributed by atoms with van der Waals surface area (Å²) in [5.41, 5.74) is 2.93. The molecule has 0 amide bonds. The van der Waals surface area contributed by atoms with Crippen LogP contribution in [0.2, 0.25) is 0 Å². The number of aliphatic imine (C=N–C) groups is 1. The Hall–Kier alpha value is -0.510. The molecule has 0 aromatic heterocycles. The number of halogens is 1. The van der Waals surface area contributed by atoms with Gasteiger partial charge < -0.3 is 15.0 Å². The first kappa shape index (κ1) is 23.8. The van der Waals surface area contributed by atoms with Crippen LogP contribution in [0.1, 0.15) is 24.5 Å². The molecule has 1 atom stereocenters. The second-order valence-corrected chi connectivity index (χ2v) is 8.66. The van der Waals surface area contributed by atoms with E-state index in [0.717, 1.165) is 51.8 Å². The summed E-state index contributed by atoms with van der Waals surface area (Å²) in [6.45, 7) is 7.80. The Kier molecular flexibility index (Phi) is 9.86. The van der Waals surface area contributed by atoms with Crippen molar-refractivity contribution in [3.05, 3.63) is 35.4 Å². The highest BCUT2D eigenvalue weighted by molar-refractivity contribution is 14.0. The third kappa shape index (κ3) is 6.00. The topological polar surface area (TPSA) is 40.1 Å². The number of hydrogen-bond acceptors (Lipinski definition) is 4. The van der Waals surface area contributed by atoms with E-state index >= 15 is 0 Å². The normalized spacial score (nSPS) is 23.3. The highest BCUT2D eigenvalue weighted by atomic mass is 127. The number of morpholine rings is 1. The van der Waals surface area contributed by atoms with Crippen molar-refractivity contribution in [1.82, 2.24) is 15.1 Å². The maximum Gasteiger partial charge on any atom is 0.193 e. The van der Waals surface area contributed by atoms with Crippen LogP contribution < -0.4 is 5.32 Å². The molecule has 2 aliphatic rings. The highest BCUT2D eigenvalue weighted by Crippen LogP contribution is 2.33. The zero-order chi connectivity index (χ0) is 19.1. The Morgan fingerprint density at radius 3 is 2.50 bits per heavy atom. The fraction of sp³-hybridized carbons (Fsp3) is 0.667. The van der Waals surface area contributed by atoms with Crippen molar-refractivity contribution in [1.29, 1.82) is 0 Å². The van der Waals surface area contributed by atoms with Gasteiger partial charge in [-0.2, -0.15) is 11.8 Å². The average Bonchev–Trinajstić information content (AvgIpc) is 3.20. The Bertz CT molecular complexity index is 613. The van der Waals surface area contributed by atoms with Crippen molar-refractivity contribution in [2.45, 2.75) is 31.8 Å². The number of hydrogen-bond donors (Lipinski definition) is 1. The molecule has 2 saturated heterocycles. The number of ether oxygens (including phenoxy) is 1. The Labute approximate surface area is 191 Å². The van der Waals surface area contributed by atoms with Crippen molar-refractivity contribution >= 4 is 41.7 Å². The monoisotopic (exact) mass is 518 g/mol. The third-order valence-electron chi connectivity index (χ3n) is 5.76. The molecule has 2 fully saturated rings. The minimum Gasteiger partial charge on any atom is -0.379 e. The van der Waals surface area contributed by atoms with Gasteiger partial charge >= 0.3 is 0 Å². The average molecular weight is 519 g/mol. The Balaban J connectivity index is 0.00000280. The molecular weight excluding hydrogens is 483 g/mol. The first-order valence-corrected chi connectivity index (χ1v) is 11.2. The molecular formula is C21H35IN4OS. The van der Waals surface area contributed by atoms with E-state index in [2.05, 4.69) is 70.1 Å². The van der Waals surface area contributed by atoms with Crippen LogP contribution in [-0.2, 0) is 17.7 Å². The molecule has 5 nitrogen and oxygen atoms in total. The lowest BCUT2D eigenvalue weighted by atomic mass is 9.95. The van der Waals surface area contributed by atoms with Crippen molar-refractivity contribution in [3.63, 3.8) is 0 Å². The lowest BCUT2D eigenvalue weighted by molar-refractivity contribution is -0.0121. The molecule has 0 bridgehead atoms. The second kappa shape index (κ2) is 11.6. The predicted octanol–water partition coefficient (Wildman–Crippen LogP) is 3.08.